The van der Waals surface area contributed by atoms with Crippen molar-refractivity contribution in [2.24, 2.45) is 11.7 Å². The van der Waals surface area contributed by atoms with Crippen LogP contribution in [0.4, 0.5) is 20.7 Å². The molecule has 2 fully saturated rings. The van der Waals surface area contributed by atoms with Gasteiger partial charge in [0.2, 0.25) is 0 Å². The molecule has 0 aliphatic carbocycles. The molecule has 3 heterocycles. The van der Waals surface area contributed by atoms with E-state index in [0.717, 1.165) is 0 Å². The monoisotopic (exact) mass is 520 g/mol. The third-order valence-electron chi connectivity index (χ3n) is 6.27. The molecule has 2 atom stereocenters. The maximum Gasteiger partial charge on any atom is 0.414 e. The van der Waals surface area contributed by atoms with Crippen LogP contribution in [-0.2, 0) is 24.1 Å². The van der Waals surface area contributed by atoms with E-state index in [4.69, 9.17) is 15.2 Å². The zero-order valence-electron chi connectivity index (χ0n) is 20.1. The van der Waals surface area contributed by atoms with Gasteiger partial charge in [-0.2, -0.15) is 0 Å². The molecular formula is C24H29FN4O6S. The number of esters is 1. The minimum Gasteiger partial charge on any atom is -0.460 e. The van der Waals surface area contributed by atoms with Gasteiger partial charge in [0.15, 0.2) is 15.9 Å². The fraction of sp³-hybridized carbons (Fsp3) is 0.458. The predicted molar refractivity (Wildman–Crippen MR) is 132 cm³/mol. The Morgan fingerprint density at radius 3 is 2.58 bits per heavy atom. The molecule has 194 valence electrons. The van der Waals surface area contributed by atoms with Gasteiger partial charge in [0.1, 0.15) is 24.3 Å². The third kappa shape index (κ3) is 5.76. The van der Waals surface area contributed by atoms with Crippen LogP contribution in [0.5, 0.6) is 0 Å². The SMILES string of the molecule is CC(C)C(N)C(=O)OC[C@H]1CN(c2ccc(-c3ccc(N4CCS(=O)(=O)CC4)nc3)c(F)c2)C(=O)O1. The van der Waals surface area contributed by atoms with Crippen LogP contribution in [0.25, 0.3) is 11.1 Å². The van der Waals surface area contributed by atoms with Crippen molar-refractivity contribution in [2.45, 2.75) is 26.0 Å². The number of sulfone groups is 1. The van der Waals surface area contributed by atoms with Gasteiger partial charge in [-0.3, -0.25) is 9.69 Å². The summed E-state index contributed by atoms with van der Waals surface area (Å²) in [5, 5.41) is 0. The average Bonchev–Trinajstić information content (AvgIpc) is 3.22. The second kappa shape index (κ2) is 10.4. The number of pyridine rings is 1. The third-order valence-corrected chi connectivity index (χ3v) is 7.88. The molecule has 1 amide bonds. The number of hydrogen-bond acceptors (Lipinski definition) is 9. The number of hydrogen-bond donors (Lipinski definition) is 1. The van der Waals surface area contributed by atoms with Gasteiger partial charge in [-0.15, -0.1) is 0 Å². The lowest BCUT2D eigenvalue weighted by Crippen LogP contribution is -2.40. The van der Waals surface area contributed by atoms with Crippen LogP contribution in [0.1, 0.15) is 13.8 Å². The van der Waals surface area contributed by atoms with E-state index in [9.17, 15) is 18.0 Å². The zero-order valence-corrected chi connectivity index (χ0v) is 20.9. The summed E-state index contributed by atoms with van der Waals surface area (Å²) in [7, 11) is -3.00. The van der Waals surface area contributed by atoms with Gasteiger partial charge in [-0.05, 0) is 36.2 Å². The molecule has 2 aliphatic rings. The van der Waals surface area contributed by atoms with Crippen LogP contribution in [0, 0.1) is 11.7 Å². The number of aromatic nitrogens is 1. The molecule has 0 radical (unpaired) electrons. The average molecular weight is 521 g/mol. The van der Waals surface area contributed by atoms with Crippen LogP contribution < -0.4 is 15.5 Å². The minimum atomic E-state index is -3.00. The molecule has 2 N–H and O–H groups in total. The van der Waals surface area contributed by atoms with E-state index in [0.29, 0.717) is 35.7 Å². The van der Waals surface area contributed by atoms with Gasteiger partial charge in [0.25, 0.3) is 0 Å². The molecule has 0 saturated carbocycles. The summed E-state index contributed by atoms with van der Waals surface area (Å²) in [5.74, 6) is -0.403. The van der Waals surface area contributed by atoms with E-state index in [2.05, 4.69) is 4.98 Å². The first-order chi connectivity index (χ1) is 17.0. The van der Waals surface area contributed by atoms with Crippen molar-refractivity contribution in [2.75, 3.05) is 47.5 Å². The van der Waals surface area contributed by atoms with Gasteiger partial charge in [-0.25, -0.2) is 22.6 Å². The maximum absolute atomic E-state index is 15.0. The number of rotatable bonds is 7. The van der Waals surface area contributed by atoms with Crippen LogP contribution >= 0.6 is 0 Å². The molecule has 10 nitrogen and oxygen atoms in total. The Labute approximate surface area is 209 Å². The van der Waals surface area contributed by atoms with E-state index in [1.54, 1.807) is 38.1 Å². The molecule has 1 aromatic carbocycles. The van der Waals surface area contributed by atoms with Crippen LogP contribution in [0.2, 0.25) is 0 Å². The lowest BCUT2D eigenvalue weighted by atomic mass is 10.1. The maximum atomic E-state index is 15.0. The Morgan fingerprint density at radius 2 is 1.97 bits per heavy atom. The van der Waals surface area contributed by atoms with Gasteiger partial charge < -0.3 is 20.1 Å². The Kier molecular flexibility index (Phi) is 7.46. The Morgan fingerprint density at radius 1 is 1.25 bits per heavy atom. The van der Waals surface area contributed by atoms with Crippen molar-refractivity contribution in [1.82, 2.24) is 4.98 Å². The normalized spacial score (nSPS) is 20.4. The summed E-state index contributed by atoms with van der Waals surface area (Å²) in [6, 6.07) is 7.08. The van der Waals surface area contributed by atoms with Crippen LogP contribution in [-0.4, -0.2) is 75.4 Å². The summed E-state index contributed by atoms with van der Waals surface area (Å²) in [6.45, 7) is 4.31. The number of carbonyl (C=O) groups is 2. The second-order valence-electron chi connectivity index (χ2n) is 9.22. The highest BCUT2D eigenvalue weighted by Gasteiger charge is 2.34. The van der Waals surface area contributed by atoms with Crippen LogP contribution in [0.15, 0.2) is 36.5 Å². The van der Waals surface area contributed by atoms with E-state index >= 15 is 4.39 Å². The standard InChI is InChI=1S/C24H29FN4O6S/c1-15(2)22(26)23(30)34-14-18-13-29(24(31)35-18)17-4-5-19(20(25)11-17)16-3-6-21(27-12-16)28-7-9-36(32,33)10-8-28/h3-6,11-12,15,18,22H,7-10,13-14,26H2,1-2H3/t18-,22?/m1/s1. The highest BCUT2D eigenvalue weighted by molar-refractivity contribution is 7.91. The quantitative estimate of drug-likeness (QED) is 0.544. The van der Waals surface area contributed by atoms with Crippen molar-refractivity contribution >= 4 is 33.4 Å². The molecule has 12 heteroatoms. The van der Waals surface area contributed by atoms with Crippen molar-refractivity contribution in [1.29, 1.82) is 0 Å². The number of benzene rings is 1. The Bertz CT molecular complexity index is 1220. The van der Waals surface area contributed by atoms with Crippen molar-refractivity contribution < 1.29 is 31.9 Å². The Hall–Kier alpha value is -3.25. The number of halogens is 1. The van der Waals surface area contributed by atoms with E-state index < -0.39 is 39.9 Å². The number of amides is 1. The molecule has 2 aliphatic heterocycles. The van der Waals surface area contributed by atoms with E-state index in [1.165, 1.54) is 17.2 Å². The molecule has 0 spiro atoms. The molecule has 2 aromatic rings. The first-order valence-electron chi connectivity index (χ1n) is 11.7. The summed E-state index contributed by atoms with van der Waals surface area (Å²) in [6.07, 6.45) is 0.184. The molecule has 4 rings (SSSR count). The molecule has 1 unspecified atom stereocenters. The number of ether oxygens (including phenoxy) is 2. The molecule has 1 aromatic heterocycles. The van der Waals surface area contributed by atoms with Crippen molar-refractivity contribution in [3.63, 3.8) is 0 Å². The summed E-state index contributed by atoms with van der Waals surface area (Å²) < 4.78 is 48.7. The highest BCUT2D eigenvalue weighted by atomic mass is 32.2. The van der Waals surface area contributed by atoms with E-state index in [-0.39, 0.29) is 30.6 Å². The van der Waals surface area contributed by atoms with Gasteiger partial charge >= 0.3 is 12.1 Å². The number of nitrogens with two attached hydrogens (primary N) is 1. The topological polar surface area (TPSA) is 132 Å². The first-order valence-corrected chi connectivity index (χ1v) is 13.5. The minimum absolute atomic E-state index is 0.0836. The zero-order chi connectivity index (χ0) is 26.0. The fourth-order valence-electron chi connectivity index (χ4n) is 3.94. The number of cyclic esters (lactones) is 1. The Balaban J connectivity index is 1.39. The first kappa shape index (κ1) is 25.8. The summed E-state index contributed by atoms with van der Waals surface area (Å²) in [5.41, 5.74) is 6.92. The lowest BCUT2D eigenvalue weighted by molar-refractivity contribution is -0.148. The van der Waals surface area contributed by atoms with Crippen LogP contribution in [0.3, 0.4) is 0 Å². The van der Waals surface area contributed by atoms with Gasteiger partial charge in [-0.1, -0.05) is 13.8 Å². The number of carbonyl (C=O) groups excluding carboxylic acids is 2. The second-order valence-corrected chi connectivity index (χ2v) is 11.5. The predicted octanol–water partition coefficient (Wildman–Crippen LogP) is 1.97. The summed E-state index contributed by atoms with van der Waals surface area (Å²) >= 11 is 0. The molecule has 36 heavy (non-hydrogen) atoms. The number of nitrogens with zero attached hydrogens (tertiary/aromatic N) is 3. The number of anilines is 2. The molecule has 2 saturated heterocycles. The summed E-state index contributed by atoms with van der Waals surface area (Å²) in [4.78, 5) is 31.8. The molecular weight excluding hydrogens is 491 g/mol. The van der Waals surface area contributed by atoms with E-state index in [1.807, 2.05) is 4.90 Å². The highest BCUT2D eigenvalue weighted by Crippen LogP contribution is 2.30. The lowest BCUT2D eigenvalue weighted by Gasteiger charge is -2.27. The fourth-order valence-corrected chi connectivity index (χ4v) is 5.14. The van der Waals surface area contributed by atoms with Gasteiger partial charge in [0.05, 0.1) is 23.7 Å². The molecule has 0 bridgehead atoms. The van der Waals surface area contributed by atoms with Crippen molar-refractivity contribution in [3.8, 4) is 11.1 Å². The van der Waals surface area contributed by atoms with Crippen molar-refractivity contribution in [3.05, 3.63) is 42.3 Å². The van der Waals surface area contributed by atoms with Gasteiger partial charge in [0, 0.05) is 30.4 Å². The largest absolute Gasteiger partial charge is 0.460 e. The smallest absolute Gasteiger partial charge is 0.414 e.